The van der Waals surface area contributed by atoms with Crippen molar-refractivity contribution in [3.8, 4) is 0 Å². The largest absolute Gasteiger partial charge is 0.481 e. The lowest BCUT2D eigenvalue weighted by Gasteiger charge is -2.17. The molecule has 0 aliphatic carbocycles. The summed E-state index contributed by atoms with van der Waals surface area (Å²) in [6, 6.07) is 8.22. The van der Waals surface area contributed by atoms with Crippen LogP contribution in [0, 0.1) is 18.8 Å². The molecule has 0 spiro atoms. The monoisotopic (exact) mass is 235 g/mol. The SMILES string of the molecule is Cc1ccccc1CC(C)CC(CN)C(=O)O. The number of carboxylic acids is 1. The number of carbonyl (C=O) groups is 1. The van der Waals surface area contributed by atoms with E-state index in [9.17, 15) is 4.79 Å². The summed E-state index contributed by atoms with van der Waals surface area (Å²) in [6.45, 7) is 4.38. The summed E-state index contributed by atoms with van der Waals surface area (Å²) in [7, 11) is 0. The molecule has 0 aliphatic heterocycles. The number of benzene rings is 1. The van der Waals surface area contributed by atoms with E-state index in [0.29, 0.717) is 12.3 Å². The van der Waals surface area contributed by atoms with E-state index in [1.165, 1.54) is 11.1 Å². The number of aliphatic carboxylic acids is 1. The molecule has 3 heteroatoms. The highest BCUT2D eigenvalue weighted by Crippen LogP contribution is 2.19. The minimum absolute atomic E-state index is 0.216. The predicted octanol–water partition coefficient (Wildman–Crippen LogP) is 2.22. The minimum atomic E-state index is -0.788. The van der Waals surface area contributed by atoms with Crippen LogP contribution in [-0.2, 0) is 11.2 Å². The molecule has 0 saturated carbocycles. The van der Waals surface area contributed by atoms with Gasteiger partial charge in [0.1, 0.15) is 0 Å². The molecule has 1 aromatic rings. The third kappa shape index (κ3) is 4.19. The molecule has 1 rings (SSSR count). The van der Waals surface area contributed by atoms with Gasteiger partial charge in [-0.3, -0.25) is 4.79 Å². The van der Waals surface area contributed by atoms with Gasteiger partial charge in [0.25, 0.3) is 0 Å². The first-order valence-corrected chi connectivity index (χ1v) is 6.02. The van der Waals surface area contributed by atoms with E-state index >= 15 is 0 Å². The van der Waals surface area contributed by atoms with E-state index < -0.39 is 11.9 Å². The number of carboxylic acid groups (broad SMARTS) is 1. The molecular formula is C14H21NO2. The molecule has 2 atom stereocenters. The second-order valence-corrected chi connectivity index (χ2v) is 4.74. The van der Waals surface area contributed by atoms with Crippen molar-refractivity contribution in [2.75, 3.05) is 6.54 Å². The Labute approximate surface area is 103 Å². The first-order chi connectivity index (χ1) is 8.04. The molecule has 3 N–H and O–H groups in total. The lowest BCUT2D eigenvalue weighted by Crippen LogP contribution is -2.25. The molecule has 17 heavy (non-hydrogen) atoms. The molecule has 94 valence electrons. The van der Waals surface area contributed by atoms with Crippen molar-refractivity contribution in [1.82, 2.24) is 0 Å². The third-order valence-electron chi connectivity index (χ3n) is 3.15. The van der Waals surface area contributed by atoms with Crippen LogP contribution in [-0.4, -0.2) is 17.6 Å². The maximum Gasteiger partial charge on any atom is 0.307 e. The van der Waals surface area contributed by atoms with Gasteiger partial charge in [0, 0.05) is 6.54 Å². The number of aryl methyl sites for hydroxylation is 1. The number of hydrogen-bond acceptors (Lipinski definition) is 2. The Bertz CT molecular complexity index is 376. The van der Waals surface area contributed by atoms with E-state index in [1.807, 2.05) is 12.1 Å². The highest BCUT2D eigenvalue weighted by molar-refractivity contribution is 5.70. The van der Waals surface area contributed by atoms with Gasteiger partial charge in [0.2, 0.25) is 0 Å². The van der Waals surface area contributed by atoms with Crippen LogP contribution in [0.2, 0.25) is 0 Å². The van der Waals surface area contributed by atoms with Gasteiger partial charge in [0.05, 0.1) is 5.92 Å². The first kappa shape index (κ1) is 13.7. The van der Waals surface area contributed by atoms with Crippen LogP contribution in [0.25, 0.3) is 0 Å². The summed E-state index contributed by atoms with van der Waals surface area (Å²) in [4.78, 5) is 10.9. The van der Waals surface area contributed by atoms with Crippen LogP contribution in [0.5, 0.6) is 0 Å². The molecule has 1 aromatic carbocycles. The molecule has 0 amide bonds. The maximum atomic E-state index is 10.9. The topological polar surface area (TPSA) is 63.3 Å². The van der Waals surface area contributed by atoms with E-state index in [2.05, 4.69) is 26.0 Å². The molecule has 2 unspecified atom stereocenters. The Morgan fingerprint density at radius 1 is 1.41 bits per heavy atom. The Hall–Kier alpha value is -1.35. The molecule has 0 radical (unpaired) electrons. The lowest BCUT2D eigenvalue weighted by molar-refractivity contribution is -0.141. The van der Waals surface area contributed by atoms with Crippen molar-refractivity contribution in [3.63, 3.8) is 0 Å². The van der Waals surface area contributed by atoms with Gasteiger partial charge >= 0.3 is 5.97 Å². The standard InChI is InChI=1S/C14H21NO2/c1-10(8-13(9-15)14(16)17)7-12-6-4-3-5-11(12)2/h3-6,10,13H,7-9,15H2,1-2H3,(H,16,17). The van der Waals surface area contributed by atoms with Crippen LogP contribution in [0.1, 0.15) is 24.5 Å². The van der Waals surface area contributed by atoms with Gasteiger partial charge in [0.15, 0.2) is 0 Å². The minimum Gasteiger partial charge on any atom is -0.481 e. The highest BCUT2D eigenvalue weighted by Gasteiger charge is 2.19. The van der Waals surface area contributed by atoms with Gasteiger partial charge in [-0.25, -0.2) is 0 Å². The average Bonchev–Trinajstić information content (AvgIpc) is 2.28. The zero-order chi connectivity index (χ0) is 12.8. The molecule has 0 heterocycles. The van der Waals surface area contributed by atoms with Crippen molar-refractivity contribution in [2.24, 2.45) is 17.6 Å². The second kappa shape index (κ2) is 6.40. The van der Waals surface area contributed by atoms with Crippen LogP contribution < -0.4 is 5.73 Å². The van der Waals surface area contributed by atoms with Crippen molar-refractivity contribution < 1.29 is 9.90 Å². The fourth-order valence-corrected chi connectivity index (χ4v) is 2.08. The average molecular weight is 235 g/mol. The Morgan fingerprint density at radius 3 is 2.59 bits per heavy atom. The summed E-state index contributed by atoms with van der Waals surface area (Å²) >= 11 is 0. The van der Waals surface area contributed by atoms with Crippen LogP contribution >= 0.6 is 0 Å². The zero-order valence-corrected chi connectivity index (χ0v) is 10.5. The smallest absolute Gasteiger partial charge is 0.307 e. The second-order valence-electron chi connectivity index (χ2n) is 4.74. The van der Waals surface area contributed by atoms with E-state index in [4.69, 9.17) is 10.8 Å². The summed E-state index contributed by atoms with van der Waals surface area (Å²) in [5, 5.41) is 8.96. The lowest BCUT2D eigenvalue weighted by atomic mass is 9.89. The maximum absolute atomic E-state index is 10.9. The Balaban J connectivity index is 2.58. The molecule has 3 nitrogen and oxygen atoms in total. The molecule has 0 fully saturated rings. The first-order valence-electron chi connectivity index (χ1n) is 6.02. The fraction of sp³-hybridized carbons (Fsp3) is 0.500. The summed E-state index contributed by atoms with van der Waals surface area (Å²) in [5.74, 6) is -0.876. The van der Waals surface area contributed by atoms with Crippen molar-refractivity contribution in [1.29, 1.82) is 0 Å². The molecular weight excluding hydrogens is 214 g/mol. The van der Waals surface area contributed by atoms with E-state index in [0.717, 1.165) is 6.42 Å². The van der Waals surface area contributed by atoms with Gasteiger partial charge in [-0.15, -0.1) is 0 Å². The predicted molar refractivity (Wildman–Crippen MR) is 68.8 cm³/mol. The number of hydrogen-bond donors (Lipinski definition) is 2. The third-order valence-corrected chi connectivity index (χ3v) is 3.15. The molecule has 0 saturated heterocycles. The van der Waals surface area contributed by atoms with E-state index in [-0.39, 0.29) is 6.54 Å². The van der Waals surface area contributed by atoms with Crippen LogP contribution in [0.4, 0.5) is 0 Å². The van der Waals surface area contributed by atoms with E-state index in [1.54, 1.807) is 0 Å². The fourth-order valence-electron chi connectivity index (χ4n) is 2.08. The molecule has 0 bridgehead atoms. The van der Waals surface area contributed by atoms with Gasteiger partial charge in [-0.2, -0.15) is 0 Å². The molecule has 0 aliphatic rings. The van der Waals surface area contributed by atoms with Crippen molar-refractivity contribution in [2.45, 2.75) is 26.7 Å². The van der Waals surface area contributed by atoms with Crippen LogP contribution in [0.3, 0.4) is 0 Å². The Kier molecular flexibility index (Phi) is 5.16. The highest BCUT2D eigenvalue weighted by atomic mass is 16.4. The summed E-state index contributed by atoms with van der Waals surface area (Å²) in [5.41, 5.74) is 8.02. The van der Waals surface area contributed by atoms with Gasteiger partial charge in [-0.05, 0) is 36.8 Å². The Morgan fingerprint density at radius 2 is 2.06 bits per heavy atom. The van der Waals surface area contributed by atoms with Crippen LogP contribution in [0.15, 0.2) is 24.3 Å². The van der Waals surface area contributed by atoms with Crippen molar-refractivity contribution in [3.05, 3.63) is 35.4 Å². The number of rotatable bonds is 6. The van der Waals surface area contributed by atoms with Crippen molar-refractivity contribution >= 4 is 5.97 Å². The summed E-state index contributed by atoms with van der Waals surface area (Å²) < 4.78 is 0. The number of nitrogens with two attached hydrogens (primary N) is 1. The summed E-state index contributed by atoms with van der Waals surface area (Å²) in [6.07, 6.45) is 1.55. The van der Waals surface area contributed by atoms with Gasteiger partial charge < -0.3 is 10.8 Å². The zero-order valence-electron chi connectivity index (χ0n) is 10.5. The quantitative estimate of drug-likeness (QED) is 0.794. The molecule has 0 aromatic heterocycles. The van der Waals surface area contributed by atoms with Gasteiger partial charge in [-0.1, -0.05) is 31.2 Å². The normalized spacial score (nSPS) is 14.3.